The molecule has 0 aliphatic heterocycles. The lowest BCUT2D eigenvalue weighted by atomic mass is 9.86. The van der Waals surface area contributed by atoms with Crippen LogP contribution in [-0.2, 0) is 6.42 Å². The molecule has 26 heavy (non-hydrogen) atoms. The minimum Gasteiger partial charge on any atom is -0.0995 e. The van der Waals surface area contributed by atoms with Crippen molar-refractivity contribution in [3.05, 3.63) is 95.6 Å². The van der Waals surface area contributed by atoms with Gasteiger partial charge in [-0.25, -0.2) is 0 Å². The minimum absolute atomic E-state index is 0.203. The maximum atomic E-state index is 4.24. The van der Waals surface area contributed by atoms with Gasteiger partial charge in [0.2, 0.25) is 0 Å². The fraction of sp³-hybridized carbons (Fsp3) is 0.308. The Balaban J connectivity index is 2.18. The van der Waals surface area contributed by atoms with Crippen LogP contribution in [0.3, 0.4) is 0 Å². The van der Waals surface area contributed by atoms with Crippen LogP contribution in [0, 0.1) is 5.41 Å². The van der Waals surface area contributed by atoms with Gasteiger partial charge in [0.1, 0.15) is 0 Å². The van der Waals surface area contributed by atoms with Gasteiger partial charge in [-0.15, -0.1) is 0 Å². The van der Waals surface area contributed by atoms with E-state index in [0.717, 1.165) is 12.0 Å². The number of rotatable bonds is 6. The molecule has 2 aromatic rings. The molecule has 0 bridgehead atoms. The molecular weight excluding hydrogens is 312 g/mol. The van der Waals surface area contributed by atoms with Gasteiger partial charge in [-0.1, -0.05) is 106 Å². The zero-order chi connectivity index (χ0) is 19.3. The molecule has 0 aliphatic rings. The summed E-state index contributed by atoms with van der Waals surface area (Å²) in [5.74, 6) is 0.339. The predicted molar refractivity (Wildman–Crippen MR) is 117 cm³/mol. The SMILES string of the molecule is C=C(C)c1ccc(CC(C(=C)C)c2ccc(/C=C/C(C)(C)C)cc2)cc1. The van der Waals surface area contributed by atoms with E-state index in [2.05, 4.69) is 102 Å². The van der Waals surface area contributed by atoms with Crippen LogP contribution >= 0.6 is 0 Å². The van der Waals surface area contributed by atoms with Crippen molar-refractivity contribution in [2.75, 3.05) is 0 Å². The summed E-state index contributed by atoms with van der Waals surface area (Å²) in [5.41, 5.74) is 7.62. The van der Waals surface area contributed by atoms with E-state index >= 15 is 0 Å². The summed E-state index contributed by atoms with van der Waals surface area (Å²) < 4.78 is 0. The maximum Gasteiger partial charge on any atom is 0.00831 e. The molecule has 1 unspecified atom stereocenters. The Bertz CT molecular complexity index is 777. The summed E-state index contributed by atoms with van der Waals surface area (Å²) in [7, 11) is 0. The Labute approximate surface area is 160 Å². The second kappa shape index (κ2) is 8.36. The van der Waals surface area contributed by atoms with Crippen LogP contribution in [0.5, 0.6) is 0 Å². The van der Waals surface area contributed by atoms with Crippen LogP contribution in [0.1, 0.15) is 62.8 Å². The molecule has 2 rings (SSSR count). The summed E-state index contributed by atoms with van der Waals surface area (Å²) in [6.45, 7) is 19.1. The topological polar surface area (TPSA) is 0 Å². The first-order chi connectivity index (χ1) is 12.2. The predicted octanol–water partition coefficient (Wildman–Crippen LogP) is 7.68. The van der Waals surface area contributed by atoms with Gasteiger partial charge in [-0.05, 0) is 47.9 Å². The fourth-order valence-corrected chi connectivity index (χ4v) is 2.92. The normalized spacial score (nSPS) is 13.0. The Kier molecular flexibility index (Phi) is 6.42. The van der Waals surface area contributed by atoms with Gasteiger partial charge in [0.15, 0.2) is 0 Å². The smallest absolute Gasteiger partial charge is 0.00831 e. The van der Waals surface area contributed by atoms with Crippen LogP contribution in [0.4, 0.5) is 0 Å². The van der Waals surface area contributed by atoms with E-state index in [1.165, 1.54) is 27.8 Å². The first-order valence-corrected chi connectivity index (χ1v) is 9.35. The molecule has 0 aliphatic carbocycles. The highest BCUT2D eigenvalue weighted by Crippen LogP contribution is 2.28. The number of hydrogen-bond donors (Lipinski definition) is 0. The van der Waals surface area contributed by atoms with Crippen LogP contribution in [0.25, 0.3) is 11.6 Å². The third kappa shape index (κ3) is 5.88. The van der Waals surface area contributed by atoms with Crippen molar-refractivity contribution in [2.24, 2.45) is 5.41 Å². The van der Waals surface area contributed by atoms with Crippen molar-refractivity contribution >= 4 is 11.6 Å². The van der Waals surface area contributed by atoms with Gasteiger partial charge < -0.3 is 0 Å². The van der Waals surface area contributed by atoms with E-state index in [9.17, 15) is 0 Å². The number of benzene rings is 2. The molecule has 0 saturated heterocycles. The van der Waals surface area contributed by atoms with E-state index in [0.29, 0.717) is 5.92 Å². The van der Waals surface area contributed by atoms with Gasteiger partial charge in [0.05, 0.1) is 0 Å². The van der Waals surface area contributed by atoms with Crippen molar-refractivity contribution in [3.63, 3.8) is 0 Å². The molecule has 0 heteroatoms. The van der Waals surface area contributed by atoms with Crippen molar-refractivity contribution < 1.29 is 0 Å². The van der Waals surface area contributed by atoms with Crippen LogP contribution in [-0.4, -0.2) is 0 Å². The minimum atomic E-state index is 0.203. The highest BCUT2D eigenvalue weighted by Gasteiger charge is 2.13. The second-order valence-corrected chi connectivity index (χ2v) is 8.45. The quantitative estimate of drug-likeness (QED) is 0.471. The van der Waals surface area contributed by atoms with Crippen molar-refractivity contribution in [3.8, 4) is 0 Å². The molecular formula is C26H32. The third-order valence-electron chi connectivity index (χ3n) is 4.60. The first kappa shape index (κ1) is 20.0. The zero-order valence-corrected chi connectivity index (χ0v) is 17.0. The molecule has 0 nitrogen and oxygen atoms in total. The molecule has 0 aromatic heterocycles. The van der Waals surface area contributed by atoms with Crippen molar-refractivity contribution in [2.45, 2.75) is 47.0 Å². The lowest BCUT2D eigenvalue weighted by Crippen LogP contribution is -2.04. The fourth-order valence-electron chi connectivity index (χ4n) is 2.92. The summed E-state index contributed by atoms with van der Waals surface area (Å²) in [6, 6.07) is 17.6. The largest absolute Gasteiger partial charge is 0.0995 e. The molecule has 0 amide bonds. The molecule has 0 radical (unpaired) electrons. The van der Waals surface area contributed by atoms with Crippen LogP contribution < -0.4 is 0 Å². The molecule has 0 heterocycles. The maximum absolute atomic E-state index is 4.24. The second-order valence-electron chi connectivity index (χ2n) is 8.45. The average Bonchev–Trinajstić information content (AvgIpc) is 2.58. The van der Waals surface area contributed by atoms with Crippen molar-refractivity contribution in [1.29, 1.82) is 0 Å². The summed E-state index contributed by atoms with van der Waals surface area (Å²) >= 11 is 0. The molecule has 136 valence electrons. The van der Waals surface area contributed by atoms with Gasteiger partial charge in [0.25, 0.3) is 0 Å². The Hall–Kier alpha value is -2.34. The Morgan fingerprint density at radius 2 is 1.50 bits per heavy atom. The third-order valence-corrected chi connectivity index (χ3v) is 4.60. The van der Waals surface area contributed by atoms with E-state index in [-0.39, 0.29) is 5.41 Å². The van der Waals surface area contributed by atoms with E-state index in [1.807, 2.05) is 6.92 Å². The zero-order valence-electron chi connectivity index (χ0n) is 17.0. The summed E-state index contributed by atoms with van der Waals surface area (Å²) in [5, 5.41) is 0. The van der Waals surface area contributed by atoms with E-state index in [4.69, 9.17) is 0 Å². The molecule has 0 spiro atoms. The van der Waals surface area contributed by atoms with E-state index < -0.39 is 0 Å². The molecule has 2 aromatic carbocycles. The highest BCUT2D eigenvalue weighted by atomic mass is 14.2. The van der Waals surface area contributed by atoms with Crippen LogP contribution in [0.15, 0.2) is 73.3 Å². The Morgan fingerprint density at radius 3 is 1.96 bits per heavy atom. The van der Waals surface area contributed by atoms with Gasteiger partial charge in [-0.2, -0.15) is 0 Å². The number of hydrogen-bond acceptors (Lipinski definition) is 0. The Morgan fingerprint density at radius 1 is 0.923 bits per heavy atom. The lowest BCUT2D eigenvalue weighted by molar-refractivity contribution is 0.547. The highest BCUT2D eigenvalue weighted by molar-refractivity contribution is 5.61. The monoisotopic (exact) mass is 344 g/mol. The molecule has 1 atom stereocenters. The van der Waals surface area contributed by atoms with Crippen molar-refractivity contribution in [1.82, 2.24) is 0 Å². The number of allylic oxidation sites excluding steroid dienone is 3. The van der Waals surface area contributed by atoms with Gasteiger partial charge >= 0.3 is 0 Å². The lowest BCUT2D eigenvalue weighted by Gasteiger charge is -2.18. The summed E-state index contributed by atoms with van der Waals surface area (Å²) in [4.78, 5) is 0. The average molecular weight is 345 g/mol. The standard InChI is InChI=1S/C26H32/c1-19(2)23-12-10-22(11-13-23)18-25(20(3)4)24-14-8-21(9-15-24)16-17-26(5,6)7/h8-17,25H,1,3,18H2,2,4-7H3/b17-16+. The molecule has 0 N–H and O–H groups in total. The first-order valence-electron chi connectivity index (χ1n) is 9.35. The van der Waals surface area contributed by atoms with E-state index in [1.54, 1.807) is 0 Å². The van der Waals surface area contributed by atoms with Gasteiger partial charge in [-0.3, -0.25) is 0 Å². The van der Waals surface area contributed by atoms with Gasteiger partial charge in [0, 0.05) is 5.92 Å². The molecule has 0 fully saturated rings. The summed E-state index contributed by atoms with van der Waals surface area (Å²) in [6.07, 6.45) is 5.43. The van der Waals surface area contributed by atoms with Crippen LogP contribution in [0.2, 0.25) is 0 Å². The molecule has 0 saturated carbocycles.